The fourth-order valence-corrected chi connectivity index (χ4v) is 1.25. The molecule has 1 saturated carbocycles. The van der Waals surface area contributed by atoms with E-state index in [2.05, 4.69) is 5.32 Å². The first kappa shape index (κ1) is 8.60. The summed E-state index contributed by atoms with van der Waals surface area (Å²) in [5.74, 6) is 0. The summed E-state index contributed by atoms with van der Waals surface area (Å²) in [6, 6.07) is 7.81. The third-order valence-corrected chi connectivity index (χ3v) is 2.13. The van der Waals surface area contributed by atoms with Gasteiger partial charge in [-0.05, 0) is 30.4 Å². The Kier molecular flexibility index (Phi) is 2.25. The van der Waals surface area contributed by atoms with E-state index in [1.807, 2.05) is 12.1 Å². The van der Waals surface area contributed by atoms with E-state index in [0.29, 0.717) is 11.5 Å². The molecule has 0 saturated heterocycles. The minimum atomic E-state index is -1.37. The fraction of sp³-hybridized carbons (Fsp3) is 0.333. The Labute approximate surface area is 77.6 Å². The second-order valence-electron chi connectivity index (χ2n) is 3.42. The third kappa shape index (κ3) is 2.23. The Morgan fingerprint density at radius 1 is 1.31 bits per heavy atom. The zero-order chi connectivity index (χ0) is 9.26. The summed E-state index contributed by atoms with van der Waals surface area (Å²) < 4.78 is 0. The monoisotopic (exact) mass is 177 g/mol. The Morgan fingerprint density at radius 3 is 2.69 bits per heavy atom. The minimum absolute atomic E-state index is 0.533. The molecule has 1 fully saturated rings. The van der Waals surface area contributed by atoms with Crippen LogP contribution in [0.3, 0.4) is 0 Å². The van der Waals surface area contributed by atoms with E-state index >= 15 is 0 Å². The number of rotatable bonds is 3. The molecule has 0 spiro atoms. The van der Waals surface area contributed by atoms with Crippen LogP contribution in [-0.2, 0) is 0 Å². The molecule has 4 heteroatoms. The smallest absolute Gasteiger partial charge is 0.423 e. The lowest BCUT2D eigenvalue weighted by Crippen LogP contribution is -2.29. The van der Waals surface area contributed by atoms with Crippen molar-refractivity contribution < 1.29 is 10.0 Å². The molecule has 3 nitrogen and oxygen atoms in total. The highest BCUT2D eigenvalue weighted by Gasteiger charge is 2.21. The van der Waals surface area contributed by atoms with E-state index in [1.165, 1.54) is 12.8 Å². The van der Waals surface area contributed by atoms with Gasteiger partial charge >= 0.3 is 7.12 Å². The summed E-state index contributed by atoms with van der Waals surface area (Å²) >= 11 is 0. The van der Waals surface area contributed by atoms with Crippen LogP contribution in [0.15, 0.2) is 24.3 Å². The van der Waals surface area contributed by atoms with Gasteiger partial charge in [-0.25, -0.2) is 0 Å². The van der Waals surface area contributed by atoms with Gasteiger partial charge in [-0.2, -0.15) is 0 Å². The van der Waals surface area contributed by atoms with Crippen molar-refractivity contribution in [2.45, 2.75) is 18.9 Å². The van der Waals surface area contributed by atoms with Crippen molar-refractivity contribution in [3.63, 3.8) is 0 Å². The van der Waals surface area contributed by atoms with Crippen LogP contribution < -0.4 is 10.8 Å². The van der Waals surface area contributed by atoms with Crippen molar-refractivity contribution in [3.8, 4) is 0 Å². The molecule has 0 aliphatic heterocycles. The maximum atomic E-state index is 8.93. The van der Waals surface area contributed by atoms with Crippen LogP contribution in [0.4, 0.5) is 5.69 Å². The first-order valence-corrected chi connectivity index (χ1v) is 4.48. The summed E-state index contributed by atoms with van der Waals surface area (Å²) in [5.41, 5.74) is 1.50. The van der Waals surface area contributed by atoms with Crippen LogP contribution in [0, 0.1) is 0 Å². The maximum absolute atomic E-state index is 8.93. The van der Waals surface area contributed by atoms with Crippen LogP contribution in [-0.4, -0.2) is 23.2 Å². The van der Waals surface area contributed by atoms with Crippen molar-refractivity contribution in [1.29, 1.82) is 0 Å². The lowest BCUT2D eigenvalue weighted by Gasteiger charge is -2.06. The number of hydrogen-bond donors (Lipinski definition) is 3. The van der Waals surface area contributed by atoms with Gasteiger partial charge in [0.1, 0.15) is 0 Å². The first-order valence-electron chi connectivity index (χ1n) is 4.48. The van der Waals surface area contributed by atoms with Crippen molar-refractivity contribution in [2.24, 2.45) is 0 Å². The summed E-state index contributed by atoms with van der Waals surface area (Å²) in [5, 5.41) is 21.1. The first-order chi connectivity index (χ1) is 6.25. The molecule has 3 N–H and O–H groups in total. The predicted octanol–water partition coefficient (Wildman–Crippen LogP) is -0.0593. The molecule has 0 unspecified atom stereocenters. The third-order valence-electron chi connectivity index (χ3n) is 2.13. The lowest BCUT2D eigenvalue weighted by molar-refractivity contribution is 0.426. The molecule has 0 bridgehead atoms. The Bertz CT molecular complexity index is 299. The highest BCUT2D eigenvalue weighted by atomic mass is 16.4. The average Bonchev–Trinajstić information content (AvgIpc) is 2.89. The highest BCUT2D eigenvalue weighted by molar-refractivity contribution is 6.58. The Morgan fingerprint density at radius 2 is 2.08 bits per heavy atom. The number of benzene rings is 1. The molecule has 1 aromatic rings. The van der Waals surface area contributed by atoms with Gasteiger partial charge in [0.05, 0.1) is 0 Å². The van der Waals surface area contributed by atoms with Gasteiger partial charge in [-0.15, -0.1) is 0 Å². The van der Waals surface area contributed by atoms with E-state index in [1.54, 1.807) is 12.1 Å². The van der Waals surface area contributed by atoms with Crippen LogP contribution >= 0.6 is 0 Å². The molecule has 68 valence electrons. The molecule has 0 radical (unpaired) electrons. The topological polar surface area (TPSA) is 52.5 Å². The van der Waals surface area contributed by atoms with Crippen molar-refractivity contribution in [1.82, 2.24) is 0 Å². The van der Waals surface area contributed by atoms with E-state index in [-0.39, 0.29) is 0 Å². The molecule has 0 aromatic heterocycles. The molecule has 1 aliphatic carbocycles. The largest absolute Gasteiger partial charge is 0.488 e. The van der Waals surface area contributed by atoms with Crippen LogP contribution in [0.2, 0.25) is 0 Å². The fourth-order valence-electron chi connectivity index (χ4n) is 1.25. The zero-order valence-electron chi connectivity index (χ0n) is 7.27. The van der Waals surface area contributed by atoms with Gasteiger partial charge in [0.15, 0.2) is 0 Å². The predicted molar refractivity (Wildman–Crippen MR) is 52.9 cm³/mol. The number of anilines is 1. The number of hydrogen-bond acceptors (Lipinski definition) is 3. The van der Waals surface area contributed by atoms with Gasteiger partial charge in [0.2, 0.25) is 0 Å². The van der Waals surface area contributed by atoms with Gasteiger partial charge in [0, 0.05) is 11.7 Å². The summed E-state index contributed by atoms with van der Waals surface area (Å²) in [7, 11) is -1.37. The molecular weight excluding hydrogens is 165 g/mol. The van der Waals surface area contributed by atoms with Crippen LogP contribution in [0.5, 0.6) is 0 Å². The van der Waals surface area contributed by atoms with E-state index in [4.69, 9.17) is 10.0 Å². The molecular formula is C9H12BNO2. The van der Waals surface area contributed by atoms with Crippen molar-refractivity contribution in [3.05, 3.63) is 24.3 Å². The quantitative estimate of drug-likeness (QED) is 0.567. The van der Waals surface area contributed by atoms with Crippen LogP contribution in [0.1, 0.15) is 12.8 Å². The normalized spacial score (nSPS) is 15.5. The van der Waals surface area contributed by atoms with Crippen molar-refractivity contribution >= 4 is 18.3 Å². The van der Waals surface area contributed by atoms with Gasteiger partial charge in [-0.1, -0.05) is 12.1 Å². The summed E-state index contributed by atoms with van der Waals surface area (Å²) in [6.07, 6.45) is 2.43. The van der Waals surface area contributed by atoms with E-state index < -0.39 is 7.12 Å². The van der Waals surface area contributed by atoms with Gasteiger partial charge in [-0.3, -0.25) is 0 Å². The van der Waals surface area contributed by atoms with Crippen molar-refractivity contribution in [2.75, 3.05) is 5.32 Å². The Balaban J connectivity index is 2.11. The SMILES string of the molecule is OB(O)c1cccc(NC2CC2)c1. The number of nitrogens with one attached hydrogen (secondary N) is 1. The second kappa shape index (κ2) is 3.40. The molecule has 0 amide bonds. The van der Waals surface area contributed by atoms with Gasteiger partial charge in [0.25, 0.3) is 0 Å². The molecule has 2 rings (SSSR count). The Hall–Kier alpha value is -0.995. The summed E-state index contributed by atoms with van der Waals surface area (Å²) in [6.45, 7) is 0. The molecule has 1 aliphatic rings. The standard InChI is InChI=1S/C9H12BNO2/c12-10(13)7-2-1-3-9(6-7)11-8-4-5-8/h1-3,6,8,11-13H,4-5H2. The van der Waals surface area contributed by atoms with Crippen LogP contribution in [0.25, 0.3) is 0 Å². The molecule has 1 aromatic carbocycles. The van der Waals surface area contributed by atoms with Gasteiger partial charge < -0.3 is 15.4 Å². The second-order valence-corrected chi connectivity index (χ2v) is 3.42. The summed E-state index contributed by atoms with van der Waals surface area (Å²) in [4.78, 5) is 0. The van der Waals surface area contributed by atoms with E-state index in [9.17, 15) is 0 Å². The average molecular weight is 177 g/mol. The lowest BCUT2D eigenvalue weighted by atomic mass is 9.80. The molecule has 0 heterocycles. The molecule has 0 atom stereocenters. The maximum Gasteiger partial charge on any atom is 0.488 e. The van der Waals surface area contributed by atoms with E-state index in [0.717, 1.165) is 5.69 Å². The zero-order valence-corrected chi connectivity index (χ0v) is 7.27. The highest BCUT2D eigenvalue weighted by Crippen LogP contribution is 2.23. The minimum Gasteiger partial charge on any atom is -0.423 e. The molecule has 13 heavy (non-hydrogen) atoms.